The Morgan fingerprint density at radius 1 is 1.16 bits per heavy atom. The molecule has 2 heterocycles. The highest BCUT2D eigenvalue weighted by atomic mass is 16.5. The summed E-state index contributed by atoms with van der Waals surface area (Å²) < 4.78 is 5.56. The largest absolute Gasteiger partial charge is 0.379 e. The molecule has 1 saturated heterocycles. The smallest absolute Gasteiger partial charge is 0.225 e. The first-order valence-corrected chi connectivity index (χ1v) is 11.4. The molecule has 32 heavy (non-hydrogen) atoms. The molecule has 1 amide bonds. The van der Waals surface area contributed by atoms with Gasteiger partial charge in [0.25, 0.3) is 0 Å². The van der Waals surface area contributed by atoms with Gasteiger partial charge in [0.15, 0.2) is 5.96 Å². The number of fused-ring (bicyclic) bond motifs is 1. The Balaban J connectivity index is 1.40. The normalized spacial score (nSPS) is 20.2. The van der Waals surface area contributed by atoms with Gasteiger partial charge in [-0.2, -0.15) is 0 Å². The van der Waals surface area contributed by atoms with Crippen LogP contribution in [0.15, 0.2) is 53.5 Å². The van der Waals surface area contributed by atoms with Crippen molar-refractivity contribution < 1.29 is 9.53 Å². The summed E-state index contributed by atoms with van der Waals surface area (Å²) in [5.74, 6) is 0.926. The quantitative estimate of drug-likeness (QED) is 0.480. The third kappa shape index (κ3) is 5.47. The number of morpholine rings is 1. The summed E-state index contributed by atoms with van der Waals surface area (Å²) in [6.45, 7) is 6.86. The summed E-state index contributed by atoms with van der Waals surface area (Å²) >= 11 is 0. The number of anilines is 1. The van der Waals surface area contributed by atoms with Crippen LogP contribution in [0, 0.1) is 6.92 Å². The molecule has 2 unspecified atom stereocenters. The van der Waals surface area contributed by atoms with E-state index in [1.54, 1.807) is 7.05 Å². The van der Waals surface area contributed by atoms with Gasteiger partial charge in [0, 0.05) is 51.3 Å². The van der Waals surface area contributed by atoms with Crippen LogP contribution in [0.2, 0.25) is 0 Å². The fourth-order valence-corrected chi connectivity index (χ4v) is 4.45. The minimum absolute atomic E-state index is 0.0604. The molecule has 170 valence electrons. The molecule has 3 N–H and O–H groups in total. The van der Waals surface area contributed by atoms with Crippen molar-refractivity contribution in [2.24, 2.45) is 4.99 Å². The van der Waals surface area contributed by atoms with Gasteiger partial charge in [-0.15, -0.1) is 0 Å². The standard InChI is InChI=1S/C25H33N5O2/c1-18-7-9-19(10-8-18)23(30-11-13-32-14-12-30)17-28-25(26-2)27-16-20-15-24(31)29-22-6-4-3-5-21(20)22/h3-10,20,23H,11-17H2,1-2H3,(H,29,31)(H2,26,27,28). The van der Waals surface area contributed by atoms with E-state index in [2.05, 4.69) is 63.1 Å². The second-order valence-electron chi connectivity index (χ2n) is 8.45. The average molecular weight is 436 g/mol. The number of nitrogens with zero attached hydrogens (tertiary/aromatic N) is 2. The van der Waals surface area contributed by atoms with Gasteiger partial charge in [-0.05, 0) is 24.1 Å². The molecule has 2 aromatic rings. The zero-order valence-electron chi connectivity index (χ0n) is 18.9. The Morgan fingerprint density at radius 2 is 1.91 bits per heavy atom. The molecule has 0 radical (unpaired) electrons. The van der Waals surface area contributed by atoms with Crippen LogP contribution >= 0.6 is 0 Å². The Kier molecular flexibility index (Phi) is 7.39. The zero-order chi connectivity index (χ0) is 22.3. The molecule has 1 fully saturated rings. The predicted octanol–water partition coefficient (Wildman–Crippen LogP) is 2.66. The zero-order valence-corrected chi connectivity index (χ0v) is 18.9. The fraction of sp³-hybridized carbons (Fsp3) is 0.440. The van der Waals surface area contributed by atoms with Crippen LogP contribution in [0.25, 0.3) is 0 Å². The number of ether oxygens (including phenoxy) is 1. The van der Waals surface area contributed by atoms with E-state index in [0.717, 1.165) is 44.5 Å². The first-order chi connectivity index (χ1) is 15.6. The first-order valence-electron chi connectivity index (χ1n) is 11.4. The highest BCUT2D eigenvalue weighted by Crippen LogP contribution is 2.31. The molecular formula is C25H33N5O2. The Labute approximate surface area is 190 Å². The van der Waals surface area contributed by atoms with Crippen molar-refractivity contribution >= 4 is 17.6 Å². The van der Waals surface area contributed by atoms with Gasteiger partial charge in [0.2, 0.25) is 5.91 Å². The highest BCUT2D eigenvalue weighted by Gasteiger charge is 2.26. The van der Waals surface area contributed by atoms with Gasteiger partial charge in [-0.25, -0.2) is 0 Å². The maximum absolute atomic E-state index is 12.1. The van der Waals surface area contributed by atoms with Crippen molar-refractivity contribution in [2.75, 3.05) is 51.8 Å². The monoisotopic (exact) mass is 435 g/mol. The van der Waals surface area contributed by atoms with Crippen molar-refractivity contribution in [1.82, 2.24) is 15.5 Å². The number of amides is 1. The van der Waals surface area contributed by atoms with Crippen LogP contribution in [0.5, 0.6) is 0 Å². The van der Waals surface area contributed by atoms with Crippen molar-refractivity contribution in [2.45, 2.75) is 25.3 Å². The topological polar surface area (TPSA) is 78.0 Å². The van der Waals surface area contributed by atoms with Gasteiger partial charge < -0.3 is 20.7 Å². The lowest BCUT2D eigenvalue weighted by molar-refractivity contribution is -0.116. The Bertz CT molecular complexity index is 938. The summed E-state index contributed by atoms with van der Waals surface area (Å²) in [6, 6.07) is 17.0. The van der Waals surface area contributed by atoms with E-state index < -0.39 is 0 Å². The second-order valence-corrected chi connectivity index (χ2v) is 8.45. The van der Waals surface area contributed by atoms with E-state index in [-0.39, 0.29) is 17.9 Å². The van der Waals surface area contributed by atoms with Crippen molar-refractivity contribution in [3.8, 4) is 0 Å². The number of nitrogens with one attached hydrogen (secondary N) is 3. The molecule has 7 nitrogen and oxygen atoms in total. The predicted molar refractivity (Wildman–Crippen MR) is 128 cm³/mol. The summed E-state index contributed by atoms with van der Waals surface area (Å²) in [5.41, 5.74) is 4.63. The number of hydrogen-bond donors (Lipinski definition) is 3. The second kappa shape index (κ2) is 10.6. The van der Waals surface area contributed by atoms with Crippen molar-refractivity contribution in [3.63, 3.8) is 0 Å². The maximum atomic E-state index is 12.1. The van der Waals surface area contributed by atoms with Crippen LogP contribution < -0.4 is 16.0 Å². The molecule has 0 aromatic heterocycles. The Hall–Kier alpha value is -2.90. The van der Waals surface area contributed by atoms with Crippen molar-refractivity contribution in [3.05, 3.63) is 65.2 Å². The molecule has 0 saturated carbocycles. The number of aryl methyl sites for hydroxylation is 1. The van der Waals surface area contributed by atoms with Gasteiger partial charge >= 0.3 is 0 Å². The summed E-state index contributed by atoms with van der Waals surface area (Å²) in [6.07, 6.45) is 0.473. The SMILES string of the molecule is CN=C(NCC1CC(=O)Nc2ccccc21)NCC(c1ccc(C)cc1)N1CCOCC1. The van der Waals surface area contributed by atoms with E-state index in [4.69, 9.17) is 4.74 Å². The highest BCUT2D eigenvalue weighted by molar-refractivity contribution is 5.94. The third-order valence-corrected chi connectivity index (χ3v) is 6.26. The fourth-order valence-electron chi connectivity index (χ4n) is 4.45. The number of para-hydroxylation sites is 1. The molecule has 2 aliphatic rings. The Morgan fingerprint density at radius 3 is 2.66 bits per heavy atom. The number of guanidine groups is 1. The molecule has 0 bridgehead atoms. The number of aliphatic imine (C=N–C) groups is 1. The number of carbonyl (C=O) groups excluding carboxylic acids is 1. The minimum atomic E-state index is 0.0604. The minimum Gasteiger partial charge on any atom is -0.379 e. The van der Waals surface area contributed by atoms with Crippen LogP contribution in [-0.4, -0.2) is 63.2 Å². The summed E-state index contributed by atoms with van der Waals surface area (Å²) in [7, 11) is 1.78. The third-order valence-electron chi connectivity index (χ3n) is 6.26. The molecule has 4 rings (SSSR count). The van der Waals surface area contributed by atoms with Gasteiger partial charge in [0.1, 0.15) is 0 Å². The molecule has 2 aromatic carbocycles. The van der Waals surface area contributed by atoms with E-state index in [1.807, 2.05) is 18.2 Å². The van der Waals surface area contributed by atoms with Crippen LogP contribution in [0.4, 0.5) is 5.69 Å². The lowest BCUT2D eigenvalue weighted by Crippen LogP contribution is -2.47. The maximum Gasteiger partial charge on any atom is 0.225 e. The lowest BCUT2D eigenvalue weighted by Gasteiger charge is -2.35. The van der Waals surface area contributed by atoms with E-state index in [9.17, 15) is 4.79 Å². The van der Waals surface area contributed by atoms with Crippen LogP contribution in [0.1, 0.15) is 35.1 Å². The molecule has 2 aliphatic heterocycles. The van der Waals surface area contributed by atoms with Gasteiger partial charge in [0.05, 0.1) is 19.3 Å². The molecule has 2 atom stereocenters. The van der Waals surface area contributed by atoms with Crippen LogP contribution in [-0.2, 0) is 9.53 Å². The number of benzene rings is 2. The average Bonchev–Trinajstić information content (AvgIpc) is 2.82. The number of rotatable bonds is 6. The van der Waals surface area contributed by atoms with E-state index >= 15 is 0 Å². The first kappa shape index (κ1) is 22.3. The summed E-state index contributed by atoms with van der Waals surface area (Å²) in [5, 5.41) is 9.91. The van der Waals surface area contributed by atoms with Crippen LogP contribution in [0.3, 0.4) is 0 Å². The molecule has 0 spiro atoms. The number of carbonyl (C=O) groups is 1. The van der Waals surface area contributed by atoms with Crippen molar-refractivity contribution in [1.29, 1.82) is 0 Å². The summed E-state index contributed by atoms with van der Waals surface area (Å²) in [4.78, 5) is 19.0. The van der Waals surface area contributed by atoms with E-state index in [1.165, 1.54) is 16.7 Å². The van der Waals surface area contributed by atoms with Gasteiger partial charge in [-0.3, -0.25) is 14.7 Å². The van der Waals surface area contributed by atoms with Gasteiger partial charge in [-0.1, -0.05) is 48.0 Å². The van der Waals surface area contributed by atoms with E-state index in [0.29, 0.717) is 13.0 Å². The molecule has 7 heteroatoms. The lowest BCUT2D eigenvalue weighted by atomic mass is 9.90. The molecule has 0 aliphatic carbocycles. The number of hydrogen-bond acceptors (Lipinski definition) is 4. The molecular weight excluding hydrogens is 402 g/mol.